The van der Waals surface area contributed by atoms with Gasteiger partial charge in [-0.25, -0.2) is 4.39 Å². The molecule has 2 heterocycles. The maximum Gasteiger partial charge on any atom is 0.225 e. The van der Waals surface area contributed by atoms with Crippen molar-refractivity contribution < 1.29 is 13.7 Å². The van der Waals surface area contributed by atoms with Crippen LogP contribution in [0.2, 0.25) is 0 Å². The Morgan fingerprint density at radius 2 is 1.97 bits per heavy atom. The molecule has 158 valence electrons. The number of hydrogen-bond donors (Lipinski definition) is 0. The fourth-order valence-corrected chi connectivity index (χ4v) is 4.95. The van der Waals surface area contributed by atoms with Crippen LogP contribution >= 0.6 is 0 Å². The number of piperidine rings is 1. The Bertz CT molecular complexity index is 823. The molecule has 0 spiro atoms. The van der Waals surface area contributed by atoms with Crippen LogP contribution in [0.15, 0.2) is 22.7 Å². The zero-order valence-electron chi connectivity index (χ0n) is 17.4. The molecule has 1 aromatic heterocycles. The smallest absolute Gasteiger partial charge is 0.225 e. The highest BCUT2D eigenvalue weighted by Crippen LogP contribution is 2.32. The molecule has 5 nitrogen and oxygen atoms in total. The maximum atomic E-state index is 13.4. The van der Waals surface area contributed by atoms with Gasteiger partial charge in [-0.15, -0.1) is 0 Å². The monoisotopic (exact) mass is 401 g/mol. The minimum atomic E-state index is -0.293. The number of carbonyl (C=O) groups excluding carboxylic acids is 1. The van der Waals surface area contributed by atoms with Gasteiger partial charge >= 0.3 is 0 Å². The van der Waals surface area contributed by atoms with Crippen molar-refractivity contribution in [2.45, 2.75) is 57.8 Å². The lowest BCUT2D eigenvalue weighted by molar-refractivity contribution is -0.136. The zero-order chi connectivity index (χ0) is 20.2. The Kier molecular flexibility index (Phi) is 6.48. The molecular formula is C23H32FN3O2. The van der Waals surface area contributed by atoms with Gasteiger partial charge in [-0.05, 0) is 57.8 Å². The number of benzene rings is 1. The summed E-state index contributed by atoms with van der Waals surface area (Å²) in [5.74, 6) is 0.672. The second-order valence-corrected chi connectivity index (χ2v) is 8.58. The summed E-state index contributed by atoms with van der Waals surface area (Å²) in [7, 11) is 0. The zero-order valence-corrected chi connectivity index (χ0v) is 17.4. The standard InChI is InChI=1S/C23H32FN3O2/c1-2-27(23(28)18-6-4-3-5-7-18)15-14-26-12-10-17(11-13-26)22-20-9-8-19(24)16-21(20)29-25-22/h8-9,16-18H,2-7,10-15H2,1H3. The van der Waals surface area contributed by atoms with E-state index < -0.39 is 0 Å². The Morgan fingerprint density at radius 3 is 2.69 bits per heavy atom. The van der Waals surface area contributed by atoms with Crippen molar-refractivity contribution in [3.63, 3.8) is 0 Å². The van der Waals surface area contributed by atoms with Crippen molar-refractivity contribution in [3.8, 4) is 0 Å². The second-order valence-electron chi connectivity index (χ2n) is 8.58. The maximum absolute atomic E-state index is 13.4. The highest BCUT2D eigenvalue weighted by Gasteiger charge is 2.27. The molecule has 0 bridgehead atoms. The average molecular weight is 402 g/mol. The molecule has 4 rings (SSSR count). The Labute approximate surface area is 172 Å². The van der Waals surface area contributed by atoms with Gasteiger partial charge in [0.2, 0.25) is 5.91 Å². The molecule has 2 fully saturated rings. The van der Waals surface area contributed by atoms with Gasteiger partial charge in [0.1, 0.15) is 5.82 Å². The van der Waals surface area contributed by atoms with Crippen LogP contribution in [0.25, 0.3) is 11.0 Å². The summed E-state index contributed by atoms with van der Waals surface area (Å²) < 4.78 is 18.7. The molecule has 1 amide bonds. The predicted octanol–water partition coefficient (Wildman–Crippen LogP) is 4.58. The van der Waals surface area contributed by atoms with Gasteiger partial charge in [-0.1, -0.05) is 24.4 Å². The van der Waals surface area contributed by atoms with Crippen LogP contribution < -0.4 is 0 Å². The Morgan fingerprint density at radius 1 is 1.21 bits per heavy atom. The quantitative estimate of drug-likeness (QED) is 0.711. The van der Waals surface area contributed by atoms with Crippen molar-refractivity contribution in [2.75, 3.05) is 32.7 Å². The van der Waals surface area contributed by atoms with Crippen molar-refractivity contribution in [2.24, 2.45) is 5.92 Å². The molecule has 0 atom stereocenters. The van der Waals surface area contributed by atoms with E-state index in [4.69, 9.17) is 4.52 Å². The number of aromatic nitrogens is 1. The molecule has 6 heteroatoms. The van der Waals surface area contributed by atoms with Gasteiger partial charge in [-0.2, -0.15) is 0 Å². The number of likely N-dealkylation sites (tertiary alicyclic amines) is 1. The van der Waals surface area contributed by atoms with E-state index in [1.54, 1.807) is 6.07 Å². The molecule has 1 aliphatic heterocycles. The highest BCUT2D eigenvalue weighted by atomic mass is 19.1. The number of hydrogen-bond acceptors (Lipinski definition) is 4. The van der Waals surface area contributed by atoms with Crippen molar-refractivity contribution in [1.29, 1.82) is 0 Å². The number of nitrogens with zero attached hydrogens (tertiary/aromatic N) is 3. The van der Waals surface area contributed by atoms with Gasteiger partial charge < -0.3 is 14.3 Å². The summed E-state index contributed by atoms with van der Waals surface area (Å²) >= 11 is 0. The van der Waals surface area contributed by atoms with Crippen LogP contribution in [-0.2, 0) is 4.79 Å². The number of halogens is 1. The normalized spacial score (nSPS) is 19.7. The lowest BCUT2D eigenvalue weighted by Crippen LogP contribution is -2.43. The summed E-state index contributed by atoms with van der Waals surface area (Å²) in [5.41, 5.74) is 1.49. The van der Waals surface area contributed by atoms with E-state index in [9.17, 15) is 9.18 Å². The minimum Gasteiger partial charge on any atom is -0.356 e. The SMILES string of the molecule is CCN(CCN1CCC(c2noc3cc(F)ccc23)CC1)C(=O)C1CCCCC1. The van der Waals surface area contributed by atoms with E-state index in [2.05, 4.69) is 21.9 Å². The minimum absolute atomic E-state index is 0.250. The third kappa shape index (κ3) is 4.63. The van der Waals surface area contributed by atoms with E-state index in [1.165, 1.54) is 31.4 Å². The highest BCUT2D eigenvalue weighted by molar-refractivity contribution is 5.80. The number of amides is 1. The molecule has 0 unspecified atom stereocenters. The van der Waals surface area contributed by atoms with E-state index in [1.807, 2.05) is 0 Å². The largest absolute Gasteiger partial charge is 0.356 e. The number of rotatable bonds is 6. The second kappa shape index (κ2) is 9.24. The van der Waals surface area contributed by atoms with Crippen molar-refractivity contribution in [1.82, 2.24) is 15.0 Å². The van der Waals surface area contributed by atoms with Crippen LogP contribution in [-0.4, -0.2) is 53.6 Å². The third-order valence-corrected chi connectivity index (χ3v) is 6.77. The lowest BCUT2D eigenvalue weighted by Gasteiger charge is -2.34. The average Bonchev–Trinajstić information content (AvgIpc) is 3.18. The van der Waals surface area contributed by atoms with E-state index >= 15 is 0 Å². The number of carbonyl (C=O) groups is 1. The van der Waals surface area contributed by atoms with Crippen molar-refractivity contribution in [3.05, 3.63) is 29.7 Å². The lowest BCUT2D eigenvalue weighted by atomic mass is 9.88. The Balaban J connectivity index is 1.28. The van der Waals surface area contributed by atoms with E-state index in [0.29, 0.717) is 17.4 Å². The number of fused-ring (bicyclic) bond motifs is 1. The summed E-state index contributed by atoms with van der Waals surface area (Å²) in [4.78, 5) is 17.3. The summed E-state index contributed by atoms with van der Waals surface area (Å²) in [6.07, 6.45) is 7.84. The molecule has 0 N–H and O–H groups in total. The summed E-state index contributed by atoms with van der Waals surface area (Å²) in [6.45, 7) is 6.63. The van der Waals surface area contributed by atoms with E-state index in [0.717, 1.165) is 69.5 Å². The first kappa shape index (κ1) is 20.3. The van der Waals surface area contributed by atoms with Crippen LogP contribution in [0.4, 0.5) is 4.39 Å². The van der Waals surface area contributed by atoms with Crippen LogP contribution in [0.3, 0.4) is 0 Å². The van der Waals surface area contributed by atoms with Gasteiger partial charge in [0.15, 0.2) is 5.58 Å². The summed E-state index contributed by atoms with van der Waals surface area (Å²) in [6, 6.07) is 4.66. The first-order valence-corrected chi connectivity index (χ1v) is 11.2. The van der Waals surface area contributed by atoms with Crippen LogP contribution in [0.5, 0.6) is 0 Å². The molecule has 0 radical (unpaired) electrons. The van der Waals surface area contributed by atoms with Gasteiger partial charge in [0.25, 0.3) is 0 Å². The number of likely N-dealkylation sites (N-methyl/N-ethyl adjacent to an activating group) is 1. The fraction of sp³-hybridized carbons (Fsp3) is 0.652. The molecule has 1 aliphatic carbocycles. The first-order chi connectivity index (χ1) is 14.2. The predicted molar refractivity (Wildman–Crippen MR) is 111 cm³/mol. The fourth-order valence-electron chi connectivity index (χ4n) is 4.95. The summed E-state index contributed by atoms with van der Waals surface area (Å²) in [5, 5.41) is 5.17. The molecule has 1 saturated carbocycles. The van der Waals surface area contributed by atoms with Crippen LogP contribution in [0, 0.1) is 11.7 Å². The molecule has 1 aromatic carbocycles. The van der Waals surface area contributed by atoms with Crippen LogP contribution in [0.1, 0.15) is 63.5 Å². The molecule has 1 saturated heterocycles. The van der Waals surface area contributed by atoms with Gasteiger partial charge in [-0.3, -0.25) is 4.79 Å². The van der Waals surface area contributed by atoms with E-state index in [-0.39, 0.29) is 11.7 Å². The third-order valence-electron chi connectivity index (χ3n) is 6.77. The molecular weight excluding hydrogens is 369 g/mol. The molecule has 2 aromatic rings. The Hall–Kier alpha value is -1.95. The molecule has 2 aliphatic rings. The topological polar surface area (TPSA) is 49.6 Å². The van der Waals surface area contributed by atoms with Gasteiger partial charge in [0.05, 0.1) is 5.69 Å². The van der Waals surface area contributed by atoms with Crippen molar-refractivity contribution >= 4 is 16.9 Å². The molecule has 29 heavy (non-hydrogen) atoms. The van der Waals surface area contributed by atoms with Gasteiger partial charge in [0, 0.05) is 42.9 Å². The first-order valence-electron chi connectivity index (χ1n) is 11.2.